The number of nitrogens with zero attached hydrogens (tertiary/aromatic N) is 2. The van der Waals surface area contributed by atoms with Crippen LogP contribution in [0.25, 0.3) is 0 Å². The summed E-state index contributed by atoms with van der Waals surface area (Å²) in [5.41, 5.74) is 1.34. The Morgan fingerprint density at radius 3 is 1.82 bits per heavy atom. The number of hydrogen-bond donors (Lipinski definition) is 5. The predicted molar refractivity (Wildman–Crippen MR) is 176 cm³/mol. The monoisotopic (exact) mass is 666 g/mol. The van der Waals surface area contributed by atoms with Gasteiger partial charge in [0.05, 0.1) is 49.3 Å². The topological polar surface area (TPSA) is 194 Å². The highest BCUT2D eigenvalue weighted by molar-refractivity contribution is 6.59. The molecule has 2 saturated heterocycles. The maximum Gasteiger partial charge on any atom is 0.488 e. The molecule has 1 saturated carbocycles. The molecule has 3 aromatic carbocycles. The maximum absolute atomic E-state index is 14.4. The van der Waals surface area contributed by atoms with Crippen LogP contribution in [0.15, 0.2) is 72.3 Å². The van der Waals surface area contributed by atoms with Gasteiger partial charge in [-0.25, -0.2) is 0 Å². The van der Waals surface area contributed by atoms with Gasteiger partial charge in [0.15, 0.2) is 0 Å². The molecular weight excluding hydrogens is 634 g/mol. The van der Waals surface area contributed by atoms with Crippen LogP contribution in [0.2, 0.25) is 0 Å². The van der Waals surface area contributed by atoms with E-state index in [9.17, 15) is 44.4 Å². The minimum Gasteiger partial charge on any atom is -0.507 e. The summed E-state index contributed by atoms with van der Waals surface area (Å²) in [4.78, 5) is 58.9. The molecule has 3 fully saturated rings. The van der Waals surface area contributed by atoms with Gasteiger partial charge < -0.3 is 34.7 Å². The summed E-state index contributed by atoms with van der Waals surface area (Å²) in [7, 11) is -0.843. The van der Waals surface area contributed by atoms with E-state index in [4.69, 9.17) is 9.47 Å². The first kappa shape index (κ1) is 32.6. The van der Waals surface area contributed by atoms with E-state index in [1.54, 1.807) is 6.07 Å². The van der Waals surface area contributed by atoms with Gasteiger partial charge in [-0.15, -0.1) is 0 Å². The molecule has 6 unspecified atom stereocenters. The minimum absolute atomic E-state index is 0.0546. The number of methoxy groups -OCH3 is 2. The Bertz CT molecular complexity index is 1930. The normalized spacial score (nSPS) is 25.9. The molecule has 250 valence electrons. The van der Waals surface area contributed by atoms with Crippen molar-refractivity contribution in [3.8, 4) is 17.2 Å². The van der Waals surface area contributed by atoms with E-state index in [1.165, 1.54) is 68.8 Å². The Labute approximate surface area is 281 Å². The predicted octanol–water partition coefficient (Wildman–Crippen LogP) is -0.186. The average Bonchev–Trinajstić information content (AvgIpc) is 3.50. The molecule has 3 aromatic rings. The lowest BCUT2D eigenvalue weighted by Crippen LogP contribution is -2.43. The second-order valence-electron chi connectivity index (χ2n) is 12.7. The van der Waals surface area contributed by atoms with E-state index < -0.39 is 73.4 Å². The number of allylic oxidation sites excluding steroid dienone is 2. The number of amides is 4. The number of ether oxygens (including phenoxy) is 2. The zero-order chi connectivity index (χ0) is 34.9. The molecule has 5 N–H and O–H groups in total. The molecule has 2 heterocycles. The van der Waals surface area contributed by atoms with E-state index in [0.717, 1.165) is 9.80 Å². The SMILES string of the molecule is COc1cc(O)c(C2C3=CCC4C(=O)N(c5cccc(B(O)O)c5)C(=O)C4C3CC3C(=O)N(c4cccc(B(O)O)c4)C(=O)C32)c(OC)c1. The summed E-state index contributed by atoms with van der Waals surface area (Å²) in [6.07, 6.45) is 2.02. The molecule has 0 bridgehead atoms. The van der Waals surface area contributed by atoms with E-state index in [1.807, 2.05) is 6.08 Å². The molecule has 4 aliphatic rings. The van der Waals surface area contributed by atoms with Crippen LogP contribution in [0.5, 0.6) is 17.2 Å². The van der Waals surface area contributed by atoms with E-state index in [2.05, 4.69) is 0 Å². The summed E-state index contributed by atoms with van der Waals surface area (Å²) in [6.45, 7) is 0. The van der Waals surface area contributed by atoms with Crippen LogP contribution in [0.3, 0.4) is 0 Å². The number of aromatic hydroxyl groups is 1. The molecular formula is C34H32B2N2O11. The van der Waals surface area contributed by atoms with Crippen molar-refractivity contribution in [1.82, 2.24) is 0 Å². The lowest BCUT2D eigenvalue weighted by molar-refractivity contribution is -0.126. The molecule has 6 atom stereocenters. The number of fused-ring (bicyclic) bond motifs is 4. The van der Waals surface area contributed by atoms with Crippen LogP contribution in [0.1, 0.15) is 24.3 Å². The van der Waals surface area contributed by atoms with Crippen LogP contribution >= 0.6 is 0 Å². The second kappa shape index (κ2) is 12.2. The Kier molecular flexibility index (Phi) is 8.10. The summed E-state index contributed by atoms with van der Waals surface area (Å²) in [5.74, 6) is -7.20. The number of rotatable bonds is 7. The summed E-state index contributed by atoms with van der Waals surface area (Å²) in [5, 5.41) is 50.5. The third kappa shape index (κ3) is 5.03. The van der Waals surface area contributed by atoms with Crippen LogP contribution in [0.4, 0.5) is 11.4 Å². The van der Waals surface area contributed by atoms with Crippen LogP contribution in [-0.4, -0.2) is 77.3 Å². The summed E-state index contributed by atoms with van der Waals surface area (Å²) < 4.78 is 11.0. The highest BCUT2D eigenvalue weighted by Gasteiger charge is 2.63. The number of phenolic OH excluding ortho intramolecular Hbond substituents is 1. The average molecular weight is 666 g/mol. The van der Waals surface area contributed by atoms with Crippen LogP contribution < -0.4 is 30.2 Å². The molecule has 2 aliphatic heterocycles. The first-order chi connectivity index (χ1) is 23.5. The zero-order valence-electron chi connectivity index (χ0n) is 26.5. The zero-order valence-corrected chi connectivity index (χ0v) is 26.5. The van der Waals surface area contributed by atoms with Gasteiger partial charge in [0.25, 0.3) is 0 Å². The standard InChI is InChI=1S/C34H32B2N2O11/c1-48-20-13-25(39)30(26(14-20)49-2)28-21-9-10-22-27(33(42)37(31(22)40)18-7-3-5-16(11-18)35(44)45)23(21)15-24-29(28)34(43)38(32(24)41)19-8-4-6-17(12-19)36(46)47/h3-9,11-14,22-24,27-29,39,44-47H,10,15H2,1-2H3. The molecule has 49 heavy (non-hydrogen) atoms. The molecule has 13 nitrogen and oxygen atoms in total. The molecule has 0 radical (unpaired) electrons. The van der Waals surface area contributed by atoms with Crippen molar-refractivity contribution >= 4 is 60.2 Å². The Morgan fingerprint density at radius 2 is 1.27 bits per heavy atom. The highest BCUT2D eigenvalue weighted by Crippen LogP contribution is 2.60. The quantitative estimate of drug-likeness (QED) is 0.128. The minimum atomic E-state index is -1.84. The van der Waals surface area contributed by atoms with Crippen molar-refractivity contribution in [1.29, 1.82) is 0 Å². The first-order valence-corrected chi connectivity index (χ1v) is 15.8. The highest BCUT2D eigenvalue weighted by atomic mass is 16.5. The summed E-state index contributed by atoms with van der Waals surface area (Å²) in [6, 6.07) is 14.6. The van der Waals surface area contributed by atoms with Crippen molar-refractivity contribution < 1.29 is 53.9 Å². The molecule has 0 aromatic heterocycles. The van der Waals surface area contributed by atoms with Crippen molar-refractivity contribution in [3.05, 3.63) is 77.9 Å². The number of imide groups is 2. The van der Waals surface area contributed by atoms with Gasteiger partial charge in [-0.05, 0) is 54.0 Å². The van der Waals surface area contributed by atoms with Crippen molar-refractivity contribution in [2.75, 3.05) is 24.0 Å². The van der Waals surface area contributed by atoms with E-state index in [0.29, 0.717) is 5.57 Å². The first-order valence-electron chi connectivity index (χ1n) is 15.8. The Morgan fingerprint density at radius 1 is 0.694 bits per heavy atom. The number of hydrogen-bond acceptors (Lipinski definition) is 11. The van der Waals surface area contributed by atoms with Gasteiger partial charge >= 0.3 is 14.2 Å². The Balaban J connectivity index is 1.36. The molecule has 7 rings (SSSR count). The molecule has 2 aliphatic carbocycles. The van der Waals surface area contributed by atoms with Crippen LogP contribution in [-0.2, 0) is 19.2 Å². The maximum atomic E-state index is 14.4. The number of benzene rings is 3. The number of carbonyl (C=O) groups is 4. The third-order valence-corrected chi connectivity index (χ3v) is 10.4. The third-order valence-electron chi connectivity index (χ3n) is 10.4. The lowest BCUT2D eigenvalue weighted by atomic mass is 9.57. The summed E-state index contributed by atoms with van der Waals surface area (Å²) >= 11 is 0. The largest absolute Gasteiger partial charge is 0.507 e. The van der Waals surface area contributed by atoms with E-state index in [-0.39, 0.29) is 58.0 Å². The van der Waals surface area contributed by atoms with Crippen LogP contribution in [0, 0.1) is 29.6 Å². The second-order valence-corrected chi connectivity index (χ2v) is 12.7. The fourth-order valence-electron chi connectivity index (χ4n) is 8.25. The van der Waals surface area contributed by atoms with Crippen molar-refractivity contribution in [2.24, 2.45) is 29.6 Å². The van der Waals surface area contributed by atoms with Gasteiger partial charge in [0, 0.05) is 23.6 Å². The smallest absolute Gasteiger partial charge is 0.488 e. The number of carbonyl (C=O) groups excluding carboxylic acids is 4. The van der Waals surface area contributed by atoms with Gasteiger partial charge in [-0.1, -0.05) is 35.9 Å². The number of phenols is 1. The van der Waals surface area contributed by atoms with Crippen molar-refractivity contribution in [3.63, 3.8) is 0 Å². The molecule has 0 spiro atoms. The van der Waals surface area contributed by atoms with E-state index >= 15 is 0 Å². The molecule has 15 heteroatoms. The lowest BCUT2D eigenvalue weighted by Gasteiger charge is -2.44. The van der Waals surface area contributed by atoms with Gasteiger partial charge in [-0.2, -0.15) is 0 Å². The number of anilines is 2. The fourth-order valence-corrected chi connectivity index (χ4v) is 8.25. The van der Waals surface area contributed by atoms with Gasteiger partial charge in [-0.3, -0.25) is 29.0 Å². The Hall–Kier alpha value is -4.95. The van der Waals surface area contributed by atoms with Gasteiger partial charge in [0.1, 0.15) is 17.2 Å². The molecule has 4 amide bonds. The van der Waals surface area contributed by atoms with Crippen molar-refractivity contribution in [2.45, 2.75) is 18.8 Å². The van der Waals surface area contributed by atoms with Gasteiger partial charge in [0.2, 0.25) is 23.6 Å². The fraction of sp³-hybridized carbons (Fsp3) is 0.294.